The van der Waals surface area contributed by atoms with Crippen molar-refractivity contribution in [2.45, 2.75) is 39.7 Å². The van der Waals surface area contributed by atoms with Crippen molar-refractivity contribution < 1.29 is 4.74 Å². The van der Waals surface area contributed by atoms with Crippen molar-refractivity contribution >= 4 is 44.2 Å². The van der Waals surface area contributed by atoms with Crippen molar-refractivity contribution in [3.63, 3.8) is 0 Å². The molecule has 0 saturated carbocycles. The summed E-state index contributed by atoms with van der Waals surface area (Å²) in [6.45, 7) is 7.31. The number of aryl methyl sites for hydroxylation is 3. The summed E-state index contributed by atoms with van der Waals surface area (Å²) >= 11 is 1.66. The smallest absolute Gasteiger partial charge is 0.252 e. The van der Waals surface area contributed by atoms with E-state index in [9.17, 15) is 4.79 Å². The lowest BCUT2D eigenvalue weighted by molar-refractivity contribution is 0.0697. The van der Waals surface area contributed by atoms with Gasteiger partial charge in [-0.15, -0.1) is 11.3 Å². The molecule has 0 radical (unpaired) electrons. The number of aromatic nitrogens is 4. The molecule has 5 rings (SSSR count). The summed E-state index contributed by atoms with van der Waals surface area (Å²) in [7, 11) is 0. The van der Waals surface area contributed by atoms with Gasteiger partial charge in [0, 0.05) is 42.6 Å². The maximum absolute atomic E-state index is 12.9. The van der Waals surface area contributed by atoms with Gasteiger partial charge in [-0.05, 0) is 56.9 Å². The molecule has 4 heterocycles. The fraction of sp³-hybridized carbons (Fsp3) is 0.364. The highest BCUT2D eigenvalue weighted by molar-refractivity contribution is 7.18. The SMILES string of the molecule is Cc1nc2cc(C)c(Nc3ncc4c(C)cc(=O)n(C5CCOCC5)c4n3)cc2s1. The van der Waals surface area contributed by atoms with E-state index in [-0.39, 0.29) is 11.6 Å². The summed E-state index contributed by atoms with van der Waals surface area (Å²) in [6.07, 6.45) is 3.43. The number of thiazole rings is 1. The lowest BCUT2D eigenvalue weighted by atomic mass is 10.1. The summed E-state index contributed by atoms with van der Waals surface area (Å²) in [4.78, 5) is 26.7. The summed E-state index contributed by atoms with van der Waals surface area (Å²) in [6, 6.07) is 5.93. The summed E-state index contributed by atoms with van der Waals surface area (Å²) in [5.41, 5.74) is 4.57. The minimum Gasteiger partial charge on any atom is -0.381 e. The van der Waals surface area contributed by atoms with Crippen LogP contribution >= 0.6 is 11.3 Å². The number of fused-ring (bicyclic) bond motifs is 2. The van der Waals surface area contributed by atoms with E-state index in [4.69, 9.17) is 9.72 Å². The highest BCUT2D eigenvalue weighted by Gasteiger charge is 2.21. The number of benzene rings is 1. The van der Waals surface area contributed by atoms with Crippen LogP contribution in [-0.4, -0.2) is 32.7 Å². The predicted octanol–water partition coefficient (Wildman–Crippen LogP) is 4.42. The highest BCUT2D eigenvalue weighted by Crippen LogP contribution is 2.30. The largest absolute Gasteiger partial charge is 0.381 e. The van der Waals surface area contributed by atoms with Gasteiger partial charge >= 0.3 is 0 Å². The quantitative estimate of drug-likeness (QED) is 0.527. The third-order valence-corrected chi connectivity index (χ3v) is 6.58. The number of pyridine rings is 1. The summed E-state index contributed by atoms with van der Waals surface area (Å²) in [5.74, 6) is 0.483. The van der Waals surface area contributed by atoms with Crippen LogP contribution in [0.15, 0.2) is 29.2 Å². The van der Waals surface area contributed by atoms with Crippen molar-refractivity contribution in [1.82, 2.24) is 19.5 Å². The minimum absolute atomic E-state index is 0.0192. The molecule has 3 aromatic heterocycles. The van der Waals surface area contributed by atoms with Gasteiger partial charge in [-0.2, -0.15) is 4.98 Å². The highest BCUT2D eigenvalue weighted by atomic mass is 32.1. The molecule has 0 amide bonds. The van der Waals surface area contributed by atoms with Crippen molar-refractivity contribution in [3.8, 4) is 0 Å². The number of nitrogens with zero attached hydrogens (tertiary/aromatic N) is 4. The number of anilines is 2. The molecule has 1 aromatic carbocycles. The number of hydrogen-bond acceptors (Lipinski definition) is 7. The Kier molecular flexibility index (Phi) is 4.75. The topological polar surface area (TPSA) is 81.9 Å². The molecular formula is C22H23N5O2S. The molecule has 4 aromatic rings. The zero-order chi connectivity index (χ0) is 20.8. The van der Waals surface area contributed by atoms with Gasteiger partial charge in [-0.1, -0.05) is 0 Å². The molecule has 1 aliphatic rings. The second-order valence-corrected chi connectivity index (χ2v) is 9.04. The van der Waals surface area contributed by atoms with Crippen molar-refractivity contribution in [2.75, 3.05) is 18.5 Å². The molecular weight excluding hydrogens is 398 g/mol. The molecule has 1 aliphatic heterocycles. The first-order valence-electron chi connectivity index (χ1n) is 10.1. The zero-order valence-electron chi connectivity index (χ0n) is 17.2. The third-order valence-electron chi connectivity index (χ3n) is 5.64. The summed E-state index contributed by atoms with van der Waals surface area (Å²) in [5, 5.41) is 5.29. The fourth-order valence-corrected chi connectivity index (χ4v) is 4.92. The molecule has 1 N–H and O–H groups in total. The number of rotatable bonds is 3. The van der Waals surface area contributed by atoms with Gasteiger partial charge in [-0.25, -0.2) is 9.97 Å². The van der Waals surface area contributed by atoms with Crippen LogP contribution in [0.25, 0.3) is 21.3 Å². The Balaban J connectivity index is 1.60. The monoisotopic (exact) mass is 421 g/mol. The first-order chi connectivity index (χ1) is 14.5. The molecule has 0 atom stereocenters. The van der Waals surface area contributed by atoms with Crippen LogP contribution in [-0.2, 0) is 4.74 Å². The van der Waals surface area contributed by atoms with E-state index in [2.05, 4.69) is 27.4 Å². The molecule has 0 spiro atoms. The van der Waals surface area contributed by atoms with Gasteiger partial charge in [0.1, 0.15) is 5.65 Å². The van der Waals surface area contributed by atoms with Gasteiger partial charge in [0.15, 0.2) is 0 Å². The summed E-state index contributed by atoms with van der Waals surface area (Å²) < 4.78 is 8.43. The Morgan fingerprint density at radius 3 is 2.70 bits per heavy atom. The number of hydrogen-bond donors (Lipinski definition) is 1. The fourth-order valence-electron chi connectivity index (χ4n) is 4.08. The van der Waals surface area contributed by atoms with Crippen LogP contribution in [0.3, 0.4) is 0 Å². The molecule has 8 heteroatoms. The predicted molar refractivity (Wildman–Crippen MR) is 120 cm³/mol. The molecule has 0 bridgehead atoms. The van der Waals surface area contributed by atoms with Gasteiger partial charge in [0.25, 0.3) is 5.56 Å². The lowest BCUT2D eigenvalue weighted by Gasteiger charge is -2.25. The molecule has 1 saturated heterocycles. The van der Waals surface area contributed by atoms with E-state index < -0.39 is 0 Å². The molecule has 154 valence electrons. The first kappa shape index (κ1) is 19.1. The molecule has 0 aliphatic carbocycles. The van der Waals surface area contributed by atoms with Crippen molar-refractivity contribution in [3.05, 3.63) is 50.9 Å². The average Bonchev–Trinajstić information content (AvgIpc) is 3.07. The van der Waals surface area contributed by atoms with Crippen LogP contribution in [0.5, 0.6) is 0 Å². The van der Waals surface area contributed by atoms with Crippen LogP contribution < -0.4 is 10.9 Å². The second-order valence-electron chi connectivity index (χ2n) is 7.80. The zero-order valence-corrected chi connectivity index (χ0v) is 18.0. The second kappa shape index (κ2) is 7.45. The molecule has 30 heavy (non-hydrogen) atoms. The van der Waals surface area contributed by atoms with Crippen molar-refractivity contribution in [2.24, 2.45) is 0 Å². The first-order valence-corrected chi connectivity index (χ1v) is 10.9. The Hall–Kier alpha value is -2.84. The number of ether oxygens (including phenoxy) is 1. The van der Waals surface area contributed by atoms with Gasteiger partial charge in [-0.3, -0.25) is 9.36 Å². The molecule has 0 unspecified atom stereocenters. The van der Waals surface area contributed by atoms with Crippen LogP contribution in [0, 0.1) is 20.8 Å². The van der Waals surface area contributed by atoms with Gasteiger partial charge < -0.3 is 10.1 Å². The van der Waals surface area contributed by atoms with Crippen LogP contribution in [0.4, 0.5) is 11.6 Å². The lowest BCUT2D eigenvalue weighted by Crippen LogP contribution is -2.30. The van der Waals surface area contributed by atoms with E-state index in [0.717, 1.165) is 50.3 Å². The van der Waals surface area contributed by atoms with Crippen LogP contribution in [0.1, 0.15) is 35.0 Å². The van der Waals surface area contributed by atoms with E-state index >= 15 is 0 Å². The Labute approximate surface area is 177 Å². The van der Waals surface area contributed by atoms with E-state index in [1.165, 1.54) is 0 Å². The Morgan fingerprint density at radius 1 is 1.10 bits per heavy atom. The Bertz CT molecular complexity index is 1320. The normalized spacial score (nSPS) is 15.2. The maximum Gasteiger partial charge on any atom is 0.252 e. The van der Waals surface area contributed by atoms with E-state index in [1.54, 1.807) is 23.6 Å². The standard InChI is InChI=1S/C22H23N5O2S/c1-12-9-20(28)27(15-4-6-29-7-5-15)21-16(12)11-23-22(26-21)25-17-10-19-18(8-13(17)2)24-14(3)30-19/h8-11,15H,4-7H2,1-3H3,(H,23,25,26). The average molecular weight is 422 g/mol. The third kappa shape index (κ3) is 3.36. The van der Waals surface area contributed by atoms with E-state index in [0.29, 0.717) is 24.8 Å². The van der Waals surface area contributed by atoms with E-state index in [1.807, 2.05) is 25.3 Å². The van der Waals surface area contributed by atoms with Gasteiger partial charge in [0.2, 0.25) is 5.95 Å². The van der Waals surface area contributed by atoms with Crippen molar-refractivity contribution in [1.29, 1.82) is 0 Å². The Morgan fingerprint density at radius 2 is 1.90 bits per heavy atom. The molecule has 7 nitrogen and oxygen atoms in total. The van der Waals surface area contributed by atoms with Crippen LogP contribution in [0.2, 0.25) is 0 Å². The maximum atomic E-state index is 12.9. The minimum atomic E-state index is -0.0192. The number of nitrogens with one attached hydrogen (secondary N) is 1. The molecule has 1 fully saturated rings. The van der Waals surface area contributed by atoms with Gasteiger partial charge in [0.05, 0.1) is 15.2 Å².